The number of nitrogens with zero attached hydrogens (tertiary/aromatic N) is 1. The van der Waals surface area contributed by atoms with E-state index in [9.17, 15) is 14.9 Å². The third-order valence-corrected chi connectivity index (χ3v) is 3.33. The van der Waals surface area contributed by atoms with Crippen LogP contribution in [0.5, 0.6) is 0 Å². The van der Waals surface area contributed by atoms with E-state index in [0.29, 0.717) is 11.0 Å². The quantitative estimate of drug-likeness (QED) is 0.525. The van der Waals surface area contributed by atoms with Crippen molar-refractivity contribution in [1.29, 1.82) is 0 Å². The van der Waals surface area contributed by atoms with Gasteiger partial charge in [-0.2, -0.15) is 0 Å². The minimum absolute atomic E-state index is 0.0433. The fourth-order valence-corrected chi connectivity index (χ4v) is 2.10. The number of nitrogens with one attached hydrogen (secondary N) is 1. The molecule has 0 saturated heterocycles. The van der Waals surface area contributed by atoms with Crippen molar-refractivity contribution >= 4 is 33.2 Å². The van der Waals surface area contributed by atoms with E-state index in [2.05, 4.69) is 21.2 Å². The van der Waals surface area contributed by atoms with Gasteiger partial charge in [-0.05, 0) is 23.8 Å². The largest absolute Gasteiger partial charge is 0.322 e. The van der Waals surface area contributed by atoms with Crippen LogP contribution in [0.3, 0.4) is 0 Å². The maximum absolute atomic E-state index is 12.1. The Morgan fingerprint density at radius 3 is 2.65 bits per heavy atom. The Labute approximate surface area is 123 Å². The monoisotopic (exact) mass is 334 g/mol. The molecule has 0 aliphatic rings. The third-order valence-electron chi connectivity index (χ3n) is 2.68. The second-order valence-electron chi connectivity index (χ2n) is 4.06. The molecular weight excluding hydrogens is 324 g/mol. The molecule has 0 unspecified atom stereocenters. The van der Waals surface area contributed by atoms with Gasteiger partial charge in [0.2, 0.25) is 0 Å². The number of alkyl halides is 1. The van der Waals surface area contributed by atoms with Crippen molar-refractivity contribution in [2.24, 2.45) is 0 Å². The van der Waals surface area contributed by atoms with Gasteiger partial charge in [0, 0.05) is 17.1 Å². The predicted octanol–water partition coefficient (Wildman–Crippen LogP) is 3.74. The molecule has 2 rings (SSSR count). The van der Waals surface area contributed by atoms with Crippen molar-refractivity contribution in [3.05, 3.63) is 69.8 Å². The summed E-state index contributed by atoms with van der Waals surface area (Å²) in [5.41, 5.74) is 1.44. The van der Waals surface area contributed by atoms with Crippen LogP contribution in [0.25, 0.3) is 0 Å². The van der Waals surface area contributed by atoms with Gasteiger partial charge in [0.05, 0.1) is 4.92 Å². The third kappa shape index (κ3) is 3.21. The minimum atomic E-state index is -0.566. The van der Waals surface area contributed by atoms with Crippen LogP contribution in [-0.4, -0.2) is 10.8 Å². The van der Waals surface area contributed by atoms with Gasteiger partial charge in [0.1, 0.15) is 5.56 Å². The summed E-state index contributed by atoms with van der Waals surface area (Å²) in [6.45, 7) is 0. The number of carbonyl (C=O) groups excluding carboxylic acids is 1. The highest BCUT2D eigenvalue weighted by Gasteiger charge is 2.19. The first-order valence-electron chi connectivity index (χ1n) is 5.81. The molecule has 0 aliphatic heterocycles. The van der Waals surface area contributed by atoms with E-state index in [4.69, 9.17) is 0 Å². The van der Waals surface area contributed by atoms with Crippen molar-refractivity contribution in [3.63, 3.8) is 0 Å². The first-order chi connectivity index (χ1) is 9.61. The number of hydrogen-bond acceptors (Lipinski definition) is 3. The number of nitro groups is 1. The van der Waals surface area contributed by atoms with E-state index in [1.165, 1.54) is 18.2 Å². The lowest BCUT2D eigenvalue weighted by atomic mass is 10.1. The number of hydrogen-bond donors (Lipinski definition) is 1. The Balaban J connectivity index is 2.26. The van der Waals surface area contributed by atoms with Crippen LogP contribution >= 0.6 is 15.9 Å². The molecular formula is C14H11BrN2O3. The molecule has 0 bridgehead atoms. The van der Waals surface area contributed by atoms with Gasteiger partial charge in [-0.15, -0.1) is 0 Å². The molecule has 0 spiro atoms. The summed E-state index contributed by atoms with van der Waals surface area (Å²) >= 11 is 3.33. The first kappa shape index (κ1) is 14.2. The molecule has 2 aromatic carbocycles. The summed E-state index contributed by atoms with van der Waals surface area (Å²) in [4.78, 5) is 22.4. The standard InChI is InChI=1S/C14H11BrN2O3/c15-9-10-4-3-5-11(8-10)16-14(18)12-6-1-2-7-13(12)17(19)20/h1-8H,9H2,(H,16,18). The van der Waals surface area contributed by atoms with Crippen LogP contribution < -0.4 is 5.32 Å². The molecule has 0 aromatic heterocycles. The average Bonchev–Trinajstić information content (AvgIpc) is 2.47. The molecule has 102 valence electrons. The maximum atomic E-state index is 12.1. The van der Waals surface area contributed by atoms with Crippen LogP contribution in [0.4, 0.5) is 11.4 Å². The van der Waals surface area contributed by atoms with Crippen molar-refractivity contribution < 1.29 is 9.72 Å². The number of anilines is 1. The zero-order valence-corrected chi connectivity index (χ0v) is 12.0. The highest BCUT2D eigenvalue weighted by atomic mass is 79.9. The number of amides is 1. The van der Waals surface area contributed by atoms with Gasteiger partial charge in [0.15, 0.2) is 0 Å². The van der Waals surface area contributed by atoms with E-state index in [0.717, 1.165) is 5.56 Å². The number of halogens is 1. The number of benzene rings is 2. The summed E-state index contributed by atoms with van der Waals surface area (Å²) in [7, 11) is 0. The van der Waals surface area contributed by atoms with Gasteiger partial charge in [-0.1, -0.05) is 40.2 Å². The zero-order chi connectivity index (χ0) is 14.5. The number of para-hydroxylation sites is 1. The molecule has 0 saturated carbocycles. The Morgan fingerprint density at radius 2 is 1.95 bits per heavy atom. The molecule has 20 heavy (non-hydrogen) atoms. The van der Waals surface area contributed by atoms with Gasteiger partial charge in [-0.3, -0.25) is 14.9 Å². The normalized spacial score (nSPS) is 10.1. The topological polar surface area (TPSA) is 72.2 Å². The highest BCUT2D eigenvalue weighted by Crippen LogP contribution is 2.20. The molecule has 5 nitrogen and oxygen atoms in total. The molecule has 0 heterocycles. The average molecular weight is 335 g/mol. The first-order valence-corrected chi connectivity index (χ1v) is 6.93. The van der Waals surface area contributed by atoms with Crippen LogP contribution in [0.2, 0.25) is 0 Å². The molecule has 0 fully saturated rings. The maximum Gasteiger partial charge on any atom is 0.282 e. The molecule has 0 radical (unpaired) electrons. The van der Waals surface area contributed by atoms with E-state index >= 15 is 0 Å². The van der Waals surface area contributed by atoms with E-state index in [1.807, 2.05) is 12.1 Å². The van der Waals surface area contributed by atoms with Crippen molar-refractivity contribution in [2.45, 2.75) is 5.33 Å². The Kier molecular flexibility index (Phi) is 4.47. The second-order valence-corrected chi connectivity index (χ2v) is 4.62. The van der Waals surface area contributed by atoms with Crippen molar-refractivity contribution in [3.8, 4) is 0 Å². The number of nitro benzene ring substituents is 1. The predicted molar refractivity (Wildman–Crippen MR) is 80.1 cm³/mol. The second kappa shape index (κ2) is 6.29. The number of carbonyl (C=O) groups is 1. The van der Waals surface area contributed by atoms with E-state index in [1.54, 1.807) is 18.2 Å². The highest BCUT2D eigenvalue weighted by molar-refractivity contribution is 9.08. The van der Waals surface area contributed by atoms with Crippen LogP contribution in [0.1, 0.15) is 15.9 Å². The van der Waals surface area contributed by atoms with Gasteiger partial charge in [0.25, 0.3) is 11.6 Å². The van der Waals surface area contributed by atoms with Crippen LogP contribution in [0, 0.1) is 10.1 Å². The van der Waals surface area contributed by atoms with Gasteiger partial charge >= 0.3 is 0 Å². The number of rotatable bonds is 4. The van der Waals surface area contributed by atoms with Gasteiger partial charge in [-0.25, -0.2) is 0 Å². The van der Waals surface area contributed by atoms with Gasteiger partial charge < -0.3 is 5.32 Å². The van der Waals surface area contributed by atoms with Crippen molar-refractivity contribution in [2.75, 3.05) is 5.32 Å². The van der Waals surface area contributed by atoms with Crippen LogP contribution in [0.15, 0.2) is 48.5 Å². The van der Waals surface area contributed by atoms with Crippen LogP contribution in [-0.2, 0) is 5.33 Å². The summed E-state index contributed by atoms with van der Waals surface area (Å²) < 4.78 is 0. The smallest absolute Gasteiger partial charge is 0.282 e. The lowest BCUT2D eigenvalue weighted by Gasteiger charge is -2.06. The molecule has 0 atom stereocenters. The Bertz CT molecular complexity index is 658. The Hall–Kier alpha value is -2.21. The molecule has 6 heteroatoms. The summed E-state index contributed by atoms with van der Waals surface area (Å²) in [6, 6.07) is 13.1. The summed E-state index contributed by atoms with van der Waals surface area (Å²) in [5, 5.41) is 14.2. The summed E-state index contributed by atoms with van der Waals surface area (Å²) in [5.74, 6) is -0.496. The minimum Gasteiger partial charge on any atom is -0.322 e. The molecule has 1 amide bonds. The van der Waals surface area contributed by atoms with E-state index in [-0.39, 0.29) is 11.3 Å². The molecule has 2 aromatic rings. The summed E-state index contributed by atoms with van der Waals surface area (Å²) in [6.07, 6.45) is 0. The van der Waals surface area contributed by atoms with Crippen molar-refractivity contribution in [1.82, 2.24) is 0 Å². The van der Waals surface area contributed by atoms with E-state index < -0.39 is 10.8 Å². The lowest BCUT2D eigenvalue weighted by Crippen LogP contribution is -2.13. The zero-order valence-electron chi connectivity index (χ0n) is 10.4. The molecule has 0 aliphatic carbocycles. The fraction of sp³-hybridized carbons (Fsp3) is 0.0714. The Morgan fingerprint density at radius 1 is 1.20 bits per heavy atom. The fourth-order valence-electron chi connectivity index (χ4n) is 1.76. The lowest BCUT2D eigenvalue weighted by molar-refractivity contribution is -0.385. The SMILES string of the molecule is O=C(Nc1cccc(CBr)c1)c1ccccc1[N+](=O)[O-]. The molecule has 1 N–H and O–H groups in total.